The Hall–Kier alpha value is -3.72. The van der Waals surface area contributed by atoms with E-state index in [-0.39, 0.29) is 23.0 Å². The quantitative estimate of drug-likeness (QED) is 0.496. The lowest BCUT2D eigenvalue weighted by Gasteiger charge is -2.09. The van der Waals surface area contributed by atoms with Crippen molar-refractivity contribution in [3.8, 4) is 11.5 Å². The molecule has 1 amide bonds. The number of rotatable bonds is 6. The van der Waals surface area contributed by atoms with Crippen LogP contribution in [0.2, 0.25) is 0 Å². The highest BCUT2D eigenvalue weighted by Crippen LogP contribution is 2.30. The summed E-state index contributed by atoms with van der Waals surface area (Å²) in [7, 11) is 0.874. The molecule has 1 aromatic heterocycles. The number of carboxylic acid groups (broad SMARTS) is 1. The van der Waals surface area contributed by atoms with Crippen molar-refractivity contribution in [2.75, 3.05) is 19.4 Å². The number of hydrogen-bond donors (Lipinski definition) is 3. The second-order valence-electron chi connectivity index (χ2n) is 7.09. The van der Waals surface area contributed by atoms with Crippen molar-refractivity contribution in [3.05, 3.63) is 65.4 Å². The van der Waals surface area contributed by atoms with Gasteiger partial charge in [-0.2, -0.15) is 0 Å². The first kappa shape index (κ1) is 21.5. The van der Waals surface area contributed by atoms with Crippen LogP contribution >= 0.6 is 10.5 Å². The average Bonchev–Trinajstić information content (AvgIpc) is 3.12. The SMILES string of the molecule is COc1c(C(=O)O)cnc2ccc(C=S3CC(=O)NC3=NCCc3ccccc3O)cc12. The molecule has 1 unspecified atom stereocenters. The fourth-order valence-corrected chi connectivity index (χ4v) is 5.11. The molecule has 1 saturated heterocycles. The number of hydrogen-bond acceptors (Lipinski definition) is 6. The number of methoxy groups -OCH3 is 1. The number of carbonyl (C=O) groups is 2. The van der Waals surface area contributed by atoms with Crippen LogP contribution in [0.4, 0.5) is 0 Å². The summed E-state index contributed by atoms with van der Waals surface area (Å²) in [4.78, 5) is 32.3. The van der Waals surface area contributed by atoms with Crippen LogP contribution in [0.25, 0.3) is 10.9 Å². The smallest absolute Gasteiger partial charge is 0.341 e. The number of aromatic hydroxyl groups is 1. The molecule has 1 aliphatic rings. The number of aliphatic imine (C=N–C) groups is 1. The van der Waals surface area contributed by atoms with E-state index in [1.165, 1.54) is 13.3 Å². The molecule has 2 heterocycles. The number of amides is 1. The number of benzene rings is 2. The lowest BCUT2D eigenvalue weighted by atomic mass is 10.1. The zero-order chi connectivity index (χ0) is 22.7. The Morgan fingerprint density at radius 1 is 1.31 bits per heavy atom. The van der Waals surface area contributed by atoms with Gasteiger partial charge in [-0.05, 0) is 41.1 Å². The normalized spacial score (nSPS) is 17.1. The number of para-hydroxylation sites is 1. The van der Waals surface area contributed by atoms with E-state index >= 15 is 0 Å². The first-order valence-electron chi connectivity index (χ1n) is 9.82. The summed E-state index contributed by atoms with van der Waals surface area (Å²) in [6.45, 7) is 0.433. The number of carbonyl (C=O) groups excluding carboxylic acids is 1. The number of amidine groups is 1. The monoisotopic (exact) mass is 451 g/mol. The van der Waals surface area contributed by atoms with E-state index in [0.29, 0.717) is 34.8 Å². The molecule has 2 aromatic carbocycles. The van der Waals surface area contributed by atoms with Crippen LogP contribution in [-0.2, 0) is 11.2 Å². The molecule has 0 saturated carbocycles. The van der Waals surface area contributed by atoms with Crippen LogP contribution in [0.15, 0.2) is 53.7 Å². The third kappa shape index (κ3) is 4.47. The van der Waals surface area contributed by atoms with Gasteiger partial charge >= 0.3 is 5.97 Å². The van der Waals surface area contributed by atoms with E-state index in [2.05, 4.69) is 15.3 Å². The van der Waals surface area contributed by atoms with Gasteiger partial charge in [0.25, 0.3) is 0 Å². The highest BCUT2D eigenvalue weighted by Gasteiger charge is 2.21. The average molecular weight is 452 g/mol. The molecule has 32 heavy (non-hydrogen) atoms. The number of phenols is 1. The molecule has 1 aliphatic heterocycles. The van der Waals surface area contributed by atoms with E-state index < -0.39 is 16.5 Å². The van der Waals surface area contributed by atoms with Crippen molar-refractivity contribution in [2.45, 2.75) is 6.42 Å². The lowest BCUT2D eigenvalue weighted by molar-refractivity contribution is -0.116. The molecule has 0 bridgehead atoms. The molecule has 3 aromatic rings. The van der Waals surface area contributed by atoms with Crippen molar-refractivity contribution in [3.63, 3.8) is 0 Å². The summed E-state index contributed by atoms with van der Waals surface area (Å²) in [5, 5.41) is 25.3. The molecule has 3 N–H and O–H groups in total. The van der Waals surface area contributed by atoms with E-state index in [1.54, 1.807) is 18.2 Å². The number of fused-ring (bicyclic) bond motifs is 1. The Labute approximate surface area is 186 Å². The van der Waals surface area contributed by atoms with Crippen LogP contribution in [0, 0.1) is 0 Å². The second kappa shape index (κ2) is 9.19. The predicted molar refractivity (Wildman–Crippen MR) is 125 cm³/mol. The summed E-state index contributed by atoms with van der Waals surface area (Å²) >= 11 is 0. The summed E-state index contributed by atoms with van der Waals surface area (Å²) < 4.78 is 5.34. The van der Waals surface area contributed by atoms with E-state index in [4.69, 9.17) is 4.74 Å². The van der Waals surface area contributed by atoms with Crippen LogP contribution in [-0.4, -0.2) is 57.0 Å². The predicted octanol–water partition coefficient (Wildman–Crippen LogP) is 2.79. The fraction of sp³-hybridized carbons (Fsp3) is 0.174. The van der Waals surface area contributed by atoms with Crippen LogP contribution in [0.1, 0.15) is 21.5 Å². The Balaban J connectivity index is 1.64. The number of aromatic carboxylic acids is 1. The molecule has 8 nitrogen and oxygen atoms in total. The molecular formula is C23H21N3O5S. The van der Waals surface area contributed by atoms with Gasteiger partial charge in [-0.3, -0.25) is 14.8 Å². The molecule has 4 rings (SSSR count). The third-order valence-electron chi connectivity index (χ3n) is 4.96. The van der Waals surface area contributed by atoms with Gasteiger partial charge in [0.2, 0.25) is 5.91 Å². The third-order valence-corrected chi connectivity index (χ3v) is 6.82. The number of nitrogens with one attached hydrogen (secondary N) is 1. The highest BCUT2D eigenvalue weighted by atomic mass is 32.2. The summed E-state index contributed by atoms with van der Waals surface area (Å²) in [6, 6.07) is 12.6. The first-order chi connectivity index (χ1) is 15.5. The van der Waals surface area contributed by atoms with Crippen molar-refractivity contribution < 1.29 is 24.5 Å². The molecule has 0 spiro atoms. The second-order valence-corrected chi connectivity index (χ2v) is 8.86. The Kier molecular flexibility index (Phi) is 6.18. The van der Waals surface area contributed by atoms with E-state index in [1.807, 2.05) is 29.6 Å². The number of carboxylic acids is 1. The van der Waals surface area contributed by atoms with Crippen LogP contribution < -0.4 is 10.1 Å². The topological polar surface area (TPSA) is 121 Å². The molecule has 1 fully saturated rings. The van der Waals surface area contributed by atoms with Gasteiger partial charge in [-0.1, -0.05) is 24.3 Å². The lowest BCUT2D eigenvalue weighted by Crippen LogP contribution is -2.20. The largest absolute Gasteiger partial charge is 0.508 e. The molecule has 0 radical (unpaired) electrons. The van der Waals surface area contributed by atoms with Gasteiger partial charge in [-0.15, -0.1) is 10.5 Å². The number of nitrogens with zero attached hydrogens (tertiary/aromatic N) is 2. The minimum absolute atomic E-state index is 0.0104. The van der Waals surface area contributed by atoms with Crippen LogP contribution in [0.3, 0.4) is 0 Å². The zero-order valence-electron chi connectivity index (χ0n) is 17.2. The number of pyridine rings is 1. The molecular weight excluding hydrogens is 430 g/mol. The summed E-state index contributed by atoms with van der Waals surface area (Å²) in [6.07, 6.45) is 1.84. The summed E-state index contributed by atoms with van der Waals surface area (Å²) in [5.74, 6) is -0.430. The van der Waals surface area contributed by atoms with Gasteiger partial charge in [0, 0.05) is 18.1 Å². The molecule has 0 aliphatic carbocycles. The minimum atomic E-state index is -1.11. The van der Waals surface area contributed by atoms with Crippen molar-refractivity contribution in [1.82, 2.24) is 10.3 Å². The van der Waals surface area contributed by atoms with Gasteiger partial charge < -0.3 is 20.3 Å². The van der Waals surface area contributed by atoms with Gasteiger partial charge in [0.1, 0.15) is 17.1 Å². The van der Waals surface area contributed by atoms with Crippen molar-refractivity contribution in [2.24, 2.45) is 4.99 Å². The van der Waals surface area contributed by atoms with Crippen molar-refractivity contribution in [1.29, 1.82) is 0 Å². The maximum Gasteiger partial charge on any atom is 0.341 e. The van der Waals surface area contributed by atoms with Gasteiger partial charge in [0.15, 0.2) is 5.17 Å². The molecule has 164 valence electrons. The zero-order valence-corrected chi connectivity index (χ0v) is 18.1. The summed E-state index contributed by atoms with van der Waals surface area (Å²) in [5.41, 5.74) is 2.22. The first-order valence-corrected chi connectivity index (χ1v) is 11.3. The number of ether oxygens (including phenoxy) is 1. The maximum atomic E-state index is 12.0. The number of phenolic OH excluding ortho intramolecular Hbond substituents is 1. The van der Waals surface area contributed by atoms with E-state index in [0.717, 1.165) is 11.1 Å². The minimum Gasteiger partial charge on any atom is -0.508 e. The Morgan fingerprint density at radius 3 is 2.88 bits per heavy atom. The van der Waals surface area contributed by atoms with E-state index in [9.17, 15) is 19.8 Å². The Morgan fingerprint density at radius 2 is 2.12 bits per heavy atom. The highest BCUT2D eigenvalue weighted by molar-refractivity contribution is 8.29. The molecule has 9 heteroatoms. The van der Waals surface area contributed by atoms with Gasteiger partial charge in [-0.25, -0.2) is 4.79 Å². The fourth-order valence-electron chi connectivity index (χ4n) is 3.45. The Bertz CT molecular complexity index is 1290. The number of aromatic nitrogens is 1. The van der Waals surface area contributed by atoms with Crippen LogP contribution in [0.5, 0.6) is 11.5 Å². The molecule has 1 atom stereocenters. The van der Waals surface area contributed by atoms with Gasteiger partial charge in [0.05, 0.1) is 18.4 Å². The standard InChI is InChI=1S/C23H21N3O5S/c1-31-21-16-10-14(6-7-18(16)25-11-17(21)22(29)30)12-32-13-20(28)26-23(32)24-9-8-15-4-2-3-5-19(15)27/h2-7,10-12,27H,8-9,13H2,1H3,(H,29,30)(H,24,26,28). The maximum absolute atomic E-state index is 12.0. The van der Waals surface area contributed by atoms with Crippen molar-refractivity contribution >= 4 is 43.8 Å².